The van der Waals surface area contributed by atoms with Gasteiger partial charge in [0.2, 0.25) is 11.8 Å². The highest BCUT2D eigenvalue weighted by Crippen LogP contribution is 2.37. The number of carbonyl (C=O) groups is 2. The summed E-state index contributed by atoms with van der Waals surface area (Å²) in [4.78, 5) is 24.4. The molecular weight excluding hydrogens is 226 g/mol. The van der Waals surface area contributed by atoms with Gasteiger partial charge < -0.3 is 0 Å². The van der Waals surface area contributed by atoms with Crippen molar-refractivity contribution >= 4 is 23.2 Å². The number of hydrogen-bond acceptors (Lipinski definition) is 5. The summed E-state index contributed by atoms with van der Waals surface area (Å²) in [5.41, 5.74) is 3.18. The number of thiophene rings is 1. The topological polar surface area (TPSA) is 61.4 Å². The molecule has 0 aromatic carbocycles. The van der Waals surface area contributed by atoms with E-state index in [1.165, 1.54) is 0 Å². The van der Waals surface area contributed by atoms with Crippen LogP contribution in [0, 0.1) is 5.92 Å². The van der Waals surface area contributed by atoms with Gasteiger partial charge in [-0.1, -0.05) is 6.07 Å². The van der Waals surface area contributed by atoms with Gasteiger partial charge in [0.15, 0.2) is 0 Å². The molecule has 3 rings (SSSR count). The average Bonchev–Trinajstić information content (AvgIpc) is 2.87. The zero-order valence-corrected chi connectivity index (χ0v) is 9.45. The van der Waals surface area contributed by atoms with Gasteiger partial charge in [-0.2, -0.15) is 0 Å². The zero-order valence-electron chi connectivity index (χ0n) is 8.64. The van der Waals surface area contributed by atoms with Gasteiger partial charge in [0.1, 0.15) is 6.04 Å². The van der Waals surface area contributed by atoms with Crippen molar-refractivity contribution in [3.8, 4) is 0 Å². The maximum Gasteiger partial charge on any atom is 0.246 e. The lowest BCUT2D eigenvalue weighted by molar-refractivity contribution is -0.127. The van der Waals surface area contributed by atoms with Crippen molar-refractivity contribution in [2.45, 2.75) is 12.1 Å². The quantitative estimate of drug-likeness (QED) is 0.669. The number of amides is 2. The lowest BCUT2D eigenvalue weighted by Gasteiger charge is -2.15. The summed E-state index contributed by atoms with van der Waals surface area (Å²) in [6.45, 7) is 0. The molecule has 2 aliphatic rings. The van der Waals surface area contributed by atoms with E-state index in [0.29, 0.717) is 0 Å². The Balaban J connectivity index is 1.99. The second-order valence-corrected chi connectivity index (χ2v) is 5.04. The van der Waals surface area contributed by atoms with Crippen LogP contribution in [0.15, 0.2) is 17.5 Å². The van der Waals surface area contributed by atoms with E-state index in [4.69, 9.17) is 0 Å². The molecule has 0 saturated carbocycles. The maximum atomic E-state index is 11.7. The zero-order chi connectivity index (χ0) is 11.3. The summed E-state index contributed by atoms with van der Waals surface area (Å²) >= 11 is 1.59. The number of hydrazine groups is 1. The first-order chi connectivity index (χ1) is 7.68. The van der Waals surface area contributed by atoms with Gasteiger partial charge in [-0.3, -0.25) is 14.9 Å². The van der Waals surface area contributed by atoms with Crippen LogP contribution < -0.4 is 10.7 Å². The van der Waals surface area contributed by atoms with Crippen LogP contribution >= 0.6 is 11.3 Å². The molecule has 0 bridgehead atoms. The molecule has 16 heavy (non-hydrogen) atoms. The molecule has 1 aromatic heterocycles. The number of fused-ring (bicyclic) bond motifs is 1. The third kappa shape index (κ3) is 1.24. The van der Waals surface area contributed by atoms with Crippen LogP contribution in [-0.4, -0.2) is 29.9 Å². The predicted octanol–water partition coefficient (Wildman–Crippen LogP) is -0.120. The van der Waals surface area contributed by atoms with Crippen molar-refractivity contribution in [3.63, 3.8) is 0 Å². The van der Waals surface area contributed by atoms with E-state index in [1.54, 1.807) is 23.4 Å². The molecule has 2 saturated heterocycles. The minimum atomic E-state index is -0.375. The number of nitrogens with zero attached hydrogens (tertiary/aromatic N) is 1. The Morgan fingerprint density at radius 2 is 2.19 bits per heavy atom. The molecule has 2 amide bonds. The van der Waals surface area contributed by atoms with E-state index in [1.807, 2.05) is 17.5 Å². The monoisotopic (exact) mass is 237 g/mol. The molecule has 3 atom stereocenters. The molecule has 2 aliphatic heterocycles. The normalized spacial score (nSPS) is 34.2. The van der Waals surface area contributed by atoms with Gasteiger partial charge in [-0.15, -0.1) is 11.3 Å². The van der Waals surface area contributed by atoms with Crippen LogP contribution in [0.25, 0.3) is 0 Å². The second-order valence-electron chi connectivity index (χ2n) is 4.06. The summed E-state index contributed by atoms with van der Waals surface area (Å²) in [7, 11) is 1.80. The van der Waals surface area contributed by atoms with E-state index in [-0.39, 0.29) is 29.8 Å². The van der Waals surface area contributed by atoms with Gasteiger partial charge >= 0.3 is 0 Å². The summed E-state index contributed by atoms with van der Waals surface area (Å²) in [6.07, 6.45) is 0. The number of carbonyl (C=O) groups excluding carboxylic acids is 2. The fourth-order valence-corrected chi connectivity index (χ4v) is 3.24. The molecule has 6 heteroatoms. The fraction of sp³-hybridized carbons (Fsp3) is 0.400. The minimum absolute atomic E-state index is 0.0820. The molecule has 0 unspecified atom stereocenters. The van der Waals surface area contributed by atoms with Gasteiger partial charge in [0.05, 0.1) is 12.0 Å². The summed E-state index contributed by atoms with van der Waals surface area (Å²) in [5.74, 6) is -0.689. The van der Waals surface area contributed by atoms with Gasteiger partial charge in [0.25, 0.3) is 0 Å². The van der Waals surface area contributed by atoms with Crippen LogP contribution in [0.4, 0.5) is 0 Å². The van der Waals surface area contributed by atoms with E-state index in [2.05, 4.69) is 10.7 Å². The van der Waals surface area contributed by atoms with Crippen LogP contribution in [0.3, 0.4) is 0 Å². The highest BCUT2D eigenvalue weighted by Gasteiger charge is 2.53. The largest absolute Gasteiger partial charge is 0.295 e. The van der Waals surface area contributed by atoms with Gasteiger partial charge in [-0.05, 0) is 11.4 Å². The first kappa shape index (κ1) is 9.95. The Morgan fingerprint density at radius 1 is 1.38 bits per heavy atom. The van der Waals surface area contributed by atoms with Gasteiger partial charge in [-0.25, -0.2) is 10.4 Å². The van der Waals surface area contributed by atoms with E-state index < -0.39 is 0 Å². The molecule has 2 N–H and O–H groups in total. The Kier molecular flexibility index (Phi) is 2.10. The molecule has 1 aromatic rings. The summed E-state index contributed by atoms with van der Waals surface area (Å²) in [6, 6.07) is 3.47. The number of hydrogen-bond donors (Lipinski definition) is 2. The number of imide groups is 1. The smallest absolute Gasteiger partial charge is 0.246 e. The summed E-state index contributed by atoms with van der Waals surface area (Å²) < 4.78 is 0. The van der Waals surface area contributed by atoms with Crippen molar-refractivity contribution in [3.05, 3.63) is 22.4 Å². The maximum absolute atomic E-state index is 11.7. The van der Waals surface area contributed by atoms with Crippen molar-refractivity contribution < 1.29 is 9.59 Å². The predicted molar refractivity (Wildman–Crippen MR) is 58.4 cm³/mol. The van der Waals surface area contributed by atoms with Crippen LogP contribution in [0.1, 0.15) is 10.9 Å². The molecule has 3 heterocycles. The first-order valence-electron chi connectivity index (χ1n) is 5.05. The lowest BCUT2D eigenvalue weighted by atomic mass is 9.95. The van der Waals surface area contributed by atoms with Crippen molar-refractivity contribution in [2.24, 2.45) is 5.92 Å². The van der Waals surface area contributed by atoms with E-state index in [0.717, 1.165) is 4.88 Å². The average molecular weight is 237 g/mol. The van der Waals surface area contributed by atoms with Crippen LogP contribution in [-0.2, 0) is 9.59 Å². The standard InChI is InChI=1S/C10H11N3O2S/c1-13-8-6(9(14)11-10(8)15)7(12-13)5-3-2-4-16-5/h2-4,6-8,12H,1H3,(H,11,14,15)/t6-,7+,8+/m0/s1. The Hall–Kier alpha value is -1.24. The third-order valence-electron chi connectivity index (χ3n) is 3.13. The van der Waals surface area contributed by atoms with E-state index in [9.17, 15) is 9.59 Å². The second kappa shape index (κ2) is 3.38. The van der Waals surface area contributed by atoms with E-state index >= 15 is 0 Å². The highest BCUT2D eigenvalue weighted by atomic mass is 32.1. The van der Waals surface area contributed by atoms with Crippen LogP contribution in [0.5, 0.6) is 0 Å². The molecule has 0 radical (unpaired) electrons. The van der Waals surface area contributed by atoms with Crippen LogP contribution in [0.2, 0.25) is 0 Å². The number of likely N-dealkylation sites (N-methyl/N-ethyl adjacent to an activating group) is 1. The molecule has 84 valence electrons. The molecule has 5 nitrogen and oxygen atoms in total. The van der Waals surface area contributed by atoms with Crippen molar-refractivity contribution in [2.75, 3.05) is 7.05 Å². The number of nitrogens with one attached hydrogen (secondary N) is 2. The van der Waals surface area contributed by atoms with Crippen molar-refractivity contribution in [1.29, 1.82) is 0 Å². The molecule has 2 fully saturated rings. The highest BCUT2D eigenvalue weighted by molar-refractivity contribution is 7.10. The first-order valence-corrected chi connectivity index (χ1v) is 5.93. The number of rotatable bonds is 1. The summed E-state index contributed by atoms with van der Waals surface area (Å²) in [5, 5.41) is 6.09. The molecular formula is C10H11N3O2S. The Morgan fingerprint density at radius 3 is 2.88 bits per heavy atom. The molecule has 0 aliphatic carbocycles. The molecule has 0 spiro atoms. The van der Waals surface area contributed by atoms with Gasteiger partial charge in [0, 0.05) is 11.9 Å². The van der Waals surface area contributed by atoms with Crippen molar-refractivity contribution in [1.82, 2.24) is 15.8 Å². The third-order valence-corrected chi connectivity index (χ3v) is 4.08. The Labute approximate surface area is 96.4 Å². The lowest BCUT2D eigenvalue weighted by Crippen LogP contribution is -2.41. The SMILES string of the molecule is CN1N[C@H](c2cccs2)[C@@H]2C(=O)NC(=O)[C@@H]21. The fourth-order valence-electron chi connectivity index (χ4n) is 2.42. The minimum Gasteiger partial charge on any atom is -0.295 e. The Bertz CT molecular complexity index is 445.